The summed E-state index contributed by atoms with van der Waals surface area (Å²) in [6.07, 6.45) is 0.813. The topological polar surface area (TPSA) is 9.23 Å². The van der Waals surface area contributed by atoms with Gasteiger partial charge in [0.1, 0.15) is 17.4 Å². The fourth-order valence-corrected chi connectivity index (χ4v) is 2.25. The summed E-state index contributed by atoms with van der Waals surface area (Å²) in [5.41, 5.74) is -0.159. The van der Waals surface area contributed by atoms with Crippen molar-refractivity contribution in [1.29, 1.82) is 0 Å². The molecule has 0 saturated carbocycles. The van der Waals surface area contributed by atoms with Gasteiger partial charge in [-0.15, -0.1) is 0 Å². The van der Waals surface area contributed by atoms with Crippen molar-refractivity contribution in [2.45, 2.75) is 32.0 Å². The molecule has 0 bridgehead atoms. The molecule has 1 aromatic carbocycles. The molecule has 0 amide bonds. The van der Waals surface area contributed by atoms with E-state index in [4.69, 9.17) is 4.74 Å². The Kier molecular flexibility index (Phi) is 4.53. The zero-order chi connectivity index (χ0) is 13.2. The molecule has 0 N–H and O–H groups in total. The van der Waals surface area contributed by atoms with Crippen molar-refractivity contribution >= 4 is 15.9 Å². The first-order valence-corrected chi connectivity index (χ1v) is 6.42. The number of alkyl halides is 1. The predicted molar refractivity (Wildman–Crippen MR) is 68.7 cm³/mol. The first-order chi connectivity index (χ1) is 7.83. The first-order valence-electron chi connectivity index (χ1n) is 5.50. The van der Waals surface area contributed by atoms with Gasteiger partial charge < -0.3 is 4.74 Å². The molecule has 0 radical (unpaired) electrons. The van der Waals surface area contributed by atoms with Crippen molar-refractivity contribution < 1.29 is 13.5 Å². The highest BCUT2D eigenvalue weighted by Gasteiger charge is 2.31. The molecular formula is C13H17BrF2O. The predicted octanol–water partition coefficient (Wildman–Crippen LogP) is 4.85. The molecule has 0 saturated heterocycles. The van der Waals surface area contributed by atoms with E-state index in [1.807, 2.05) is 20.8 Å². The molecule has 0 heterocycles. The van der Waals surface area contributed by atoms with Gasteiger partial charge in [0.2, 0.25) is 0 Å². The number of hydrogen-bond acceptors (Lipinski definition) is 1. The van der Waals surface area contributed by atoms with Crippen LogP contribution in [0.3, 0.4) is 0 Å². The highest BCUT2D eigenvalue weighted by atomic mass is 79.9. The third-order valence-corrected chi connectivity index (χ3v) is 4.84. The largest absolute Gasteiger partial charge is 0.497 e. The van der Waals surface area contributed by atoms with E-state index in [1.54, 1.807) is 0 Å². The lowest BCUT2D eigenvalue weighted by Crippen LogP contribution is -2.19. The van der Waals surface area contributed by atoms with E-state index < -0.39 is 11.6 Å². The summed E-state index contributed by atoms with van der Waals surface area (Å²) in [7, 11) is 1.38. The van der Waals surface area contributed by atoms with E-state index in [0.717, 1.165) is 6.42 Å². The molecule has 0 spiro atoms. The number of rotatable bonds is 4. The van der Waals surface area contributed by atoms with Crippen molar-refractivity contribution in [2.24, 2.45) is 5.41 Å². The lowest BCUT2D eigenvalue weighted by molar-refractivity contribution is 0.331. The molecule has 0 aromatic heterocycles. The molecule has 1 aromatic rings. The van der Waals surface area contributed by atoms with Crippen molar-refractivity contribution in [3.63, 3.8) is 0 Å². The van der Waals surface area contributed by atoms with E-state index >= 15 is 0 Å². The third-order valence-electron chi connectivity index (χ3n) is 3.14. The highest BCUT2D eigenvalue weighted by molar-refractivity contribution is 9.09. The Morgan fingerprint density at radius 2 is 1.76 bits per heavy atom. The van der Waals surface area contributed by atoms with E-state index in [0.29, 0.717) is 0 Å². The van der Waals surface area contributed by atoms with Crippen LogP contribution in [0.15, 0.2) is 12.1 Å². The molecule has 1 atom stereocenters. The molecule has 17 heavy (non-hydrogen) atoms. The maximum absolute atomic E-state index is 13.9. The molecule has 0 aliphatic heterocycles. The summed E-state index contributed by atoms with van der Waals surface area (Å²) in [4.78, 5) is -0.370. The maximum Gasteiger partial charge on any atom is 0.134 e. The standard InChI is InChI=1S/C13H17BrF2O/c1-5-13(2,3)12(14)11-9(15)6-8(17-4)7-10(11)16/h6-7,12H,5H2,1-4H3. The number of benzene rings is 1. The fourth-order valence-electron chi connectivity index (χ4n) is 1.49. The van der Waals surface area contributed by atoms with Crippen LogP contribution < -0.4 is 4.74 Å². The molecule has 1 rings (SSSR count). The van der Waals surface area contributed by atoms with E-state index in [2.05, 4.69) is 15.9 Å². The summed E-state index contributed by atoms with van der Waals surface area (Å²) in [6, 6.07) is 2.41. The van der Waals surface area contributed by atoms with Crippen molar-refractivity contribution in [2.75, 3.05) is 7.11 Å². The van der Waals surface area contributed by atoms with Gasteiger partial charge in [-0.25, -0.2) is 8.78 Å². The van der Waals surface area contributed by atoms with Gasteiger partial charge >= 0.3 is 0 Å². The number of halogens is 3. The maximum atomic E-state index is 13.9. The lowest BCUT2D eigenvalue weighted by Gasteiger charge is -2.30. The monoisotopic (exact) mass is 306 g/mol. The summed E-state index contributed by atoms with van der Waals surface area (Å²) in [6.45, 7) is 5.93. The normalized spacial score (nSPS) is 13.6. The zero-order valence-corrected chi connectivity index (χ0v) is 12.1. The second kappa shape index (κ2) is 5.34. The molecular weight excluding hydrogens is 290 g/mol. The second-order valence-corrected chi connectivity index (χ2v) is 5.63. The Bertz CT molecular complexity index is 381. The summed E-state index contributed by atoms with van der Waals surface area (Å²) in [5.74, 6) is -0.965. The van der Waals surface area contributed by atoms with Gasteiger partial charge in [0.05, 0.1) is 11.9 Å². The minimum absolute atomic E-state index is 0.0673. The Hall–Kier alpha value is -0.640. The molecule has 96 valence electrons. The van der Waals surface area contributed by atoms with Crippen LogP contribution >= 0.6 is 15.9 Å². The Morgan fingerprint density at radius 3 is 2.12 bits per heavy atom. The minimum Gasteiger partial charge on any atom is -0.497 e. The van der Waals surface area contributed by atoms with Gasteiger partial charge in [-0.2, -0.15) is 0 Å². The van der Waals surface area contributed by atoms with Gasteiger partial charge in [0.25, 0.3) is 0 Å². The minimum atomic E-state index is -0.578. The van der Waals surface area contributed by atoms with Gasteiger partial charge in [-0.1, -0.05) is 36.7 Å². The van der Waals surface area contributed by atoms with Crippen molar-refractivity contribution in [3.8, 4) is 5.75 Å². The number of ether oxygens (including phenoxy) is 1. The van der Waals surface area contributed by atoms with Gasteiger partial charge in [-0.05, 0) is 11.8 Å². The average Bonchev–Trinajstić information content (AvgIpc) is 2.27. The molecule has 0 aliphatic carbocycles. The highest BCUT2D eigenvalue weighted by Crippen LogP contribution is 2.45. The first kappa shape index (κ1) is 14.4. The van der Waals surface area contributed by atoms with Crippen LogP contribution in [-0.2, 0) is 0 Å². The number of methoxy groups -OCH3 is 1. The van der Waals surface area contributed by atoms with E-state index in [-0.39, 0.29) is 21.6 Å². The van der Waals surface area contributed by atoms with Crippen LogP contribution in [0.4, 0.5) is 8.78 Å². The van der Waals surface area contributed by atoms with Crippen LogP contribution in [0, 0.1) is 17.0 Å². The molecule has 0 fully saturated rings. The Balaban J connectivity index is 3.23. The summed E-state index contributed by atoms with van der Waals surface area (Å²) >= 11 is 3.40. The van der Waals surface area contributed by atoms with Gasteiger partial charge in [0.15, 0.2) is 0 Å². The van der Waals surface area contributed by atoms with Crippen LogP contribution in [0.5, 0.6) is 5.75 Å². The SMILES string of the molecule is CCC(C)(C)C(Br)c1c(F)cc(OC)cc1F. The quantitative estimate of drug-likeness (QED) is 0.723. The van der Waals surface area contributed by atoms with E-state index in [9.17, 15) is 8.78 Å². The second-order valence-electron chi connectivity index (χ2n) is 4.71. The fraction of sp³-hybridized carbons (Fsp3) is 0.538. The zero-order valence-electron chi connectivity index (χ0n) is 10.5. The van der Waals surface area contributed by atoms with Crippen LogP contribution in [-0.4, -0.2) is 7.11 Å². The molecule has 4 heteroatoms. The van der Waals surface area contributed by atoms with Crippen molar-refractivity contribution in [3.05, 3.63) is 29.3 Å². The summed E-state index contributed by atoms with van der Waals surface area (Å²) < 4.78 is 32.6. The van der Waals surface area contributed by atoms with Gasteiger partial charge in [-0.3, -0.25) is 0 Å². The Labute approximate surface area is 109 Å². The summed E-state index contributed by atoms with van der Waals surface area (Å²) in [5, 5.41) is 0. The van der Waals surface area contributed by atoms with E-state index in [1.165, 1.54) is 19.2 Å². The van der Waals surface area contributed by atoms with Crippen LogP contribution in [0.1, 0.15) is 37.6 Å². The molecule has 1 nitrogen and oxygen atoms in total. The molecule has 0 aliphatic rings. The van der Waals surface area contributed by atoms with Crippen molar-refractivity contribution in [1.82, 2.24) is 0 Å². The third kappa shape index (κ3) is 2.97. The average molecular weight is 307 g/mol. The van der Waals surface area contributed by atoms with Crippen LogP contribution in [0.25, 0.3) is 0 Å². The van der Waals surface area contributed by atoms with Gasteiger partial charge in [0, 0.05) is 17.7 Å². The van der Waals surface area contributed by atoms with Crippen LogP contribution in [0.2, 0.25) is 0 Å². The molecule has 1 unspecified atom stereocenters. The lowest BCUT2D eigenvalue weighted by atomic mass is 9.83. The smallest absolute Gasteiger partial charge is 0.134 e. The Morgan fingerprint density at radius 1 is 1.29 bits per heavy atom. The number of hydrogen-bond donors (Lipinski definition) is 0.